The monoisotopic (exact) mass is 1270 g/mol. The SMILES string of the molecule is CCCCC/C=C\C/C=C\CCCCCCCNC(=O)O[C@@H](C(=O)O[C@H]1C[C@@]2(O)[C@@H](C)[C@@H]3[C@]4(O)CO[C@@H]4C[C@H](O)[C@@]3(C)C(=O)[C@H](O)C(=C1C)C2(C)C)[C@H](C)NC(C)=O.[Ac].[Ac]. The van der Waals surface area contributed by atoms with Gasteiger partial charge in [-0.05, 0) is 76.4 Å². The fourth-order valence-electron chi connectivity index (χ4n) is 10.4. The Labute approximate surface area is 429 Å². The molecular formula is C45H72Ac2N2O11. The number of Topliss-reactive ketones (excluding diaryl/α,β-unsaturated/α-hetero) is 1. The van der Waals surface area contributed by atoms with Gasteiger partial charge >= 0.3 is 12.1 Å². The van der Waals surface area contributed by atoms with Crippen LogP contribution >= 0.6 is 0 Å². The van der Waals surface area contributed by atoms with E-state index in [1.807, 2.05) is 0 Å². The van der Waals surface area contributed by atoms with Crippen molar-refractivity contribution in [3.8, 4) is 0 Å². The molecule has 2 bridgehead atoms. The summed E-state index contributed by atoms with van der Waals surface area (Å²) in [5.41, 5.74) is -5.73. The number of rotatable bonds is 19. The zero-order chi connectivity index (χ0) is 43.1. The van der Waals surface area contributed by atoms with E-state index in [9.17, 15) is 39.6 Å². The maximum Gasteiger partial charge on any atom is 0.408 e. The van der Waals surface area contributed by atoms with Crippen LogP contribution in [-0.2, 0) is 28.6 Å². The van der Waals surface area contributed by atoms with E-state index < -0.39 is 94.2 Å². The Hall–Kier alpha value is -0.217. The molecular weight excluding hydrogens is 1200 g/mol. The van der Waals surface area contributed by atoms with E-state index in [1.165, 1.54) is 40.0 Å². The van der Waals surface area contributed by atoms with Gasteiger partial charge in [-0.1, -0.05) is 84.1 Å². The van der Waals surface area contributed by atoms with E-state index in [0.717, 1.165) is 44.9 Å². The maximum absolute atomic E-state index is 14.4. The Kier molecular flexibility index (Phi) is 22.7. The van der Waals surface area contributed by atoms with Gasteiger partial charge in [0.2, 0.25) is 12.0 Å². The van der Waals surface area contributed by atoms with Crippen molar-refractivity contribution in [2.75, 3.05) is 13.2 Å². The Morgan fingerprint density at radius 2 is 1.55 bits per heavy atom. The molecule has 60 heavy (non-hydrogen) atoms. The summed E-state index contributed by atoms with van der Waals surface area (Å²) in [6, 6.07) is -0.992. The van der Waals surface area contributed by atoms with Crippen LogP contribution in [0.25, 0.3) is 0 Å². The number of aliphatic hydroxyl groups excluding tert-OH is 2. The Balaban J connectivity index is 0.00000620. The minimum Gasteiger partial charge on any atom is -0.455 e. The van der Waals surface area contributed by atoms with Gasteiger partial charge in [0.1, 0.15) is 17.8 Å². The molecule has 3 fully saturated rings. The molecule has 13 nitrogen and oxygen atoms in total. The van der Waals surface area contributed by atoms with Gasteiger partial charge in [0.05, 0.1) is 35.9 Å². The molecule has 11 atom stereocenters. The summed E-state index contributed by atoms with van der Waals surface area (Å²) in [5.74, 6) is -4.05. The molecule has 1 saturated heterocycles. The summed E-state index contributed by atoms with van der Waals surface area (Å²) in [5, 5.41) is 53.3. The number of unbranched alkanes of at least 4 members (excludes halogenated alkanes) is 8. The van der Waals surface area contributed by atoms with Gasteiger partial charge in [0.25, 0.3) is 0 Å². The zero-order valence-corrected chi connectivity index (χ0v) is 46.8. The average Bonchev–Trinajstić information content (AvgIpc) is 3.15. The number of hydrogen-bond acceptors (Lipinski definition) is 11. The van der Waals surface area contributed by atoms with Gasteiger partial charge in [-0.25, -0.2) is 9.59 Å². The third-order valence-electron chi connectivity index (χ3n) is 13.9. The Morgan fingerprint density at radius 1 is 0.950 bits per heavy atom. The molecule has 4 aliphatic rings. The molecule has 0 aromatic heterocycles. The summed E-state index contributed by atoms with van der Waals surface area (Å²) in [6.07, 6.45) is 13.0. The molecule has 3 aliphatic carbocycles. The summed E-state index contributed by atoms with van der Waals surface area (Å²) in [6.45, 7) is 13.5. The third-order valence-corrected chi connectivity index (χ3v) is 13.9. The predicted octanol–water partition coefficient (Wildman–Crippen LogP) is 5.52. The van der Waals surface area contributed by atoms with E-state index in [2.05, 4.69) is 41.9 Å². The van der Waals surface area contributed by atoms with Crippen molar-refractivity contribution in [1.82, 2.24) is 10.6 Å². The molecule has 4 rings (SSSR count). The number of hydrogen-bond donors (Lipinski definition) is 6. The summed E-state index contributed by atoms with van der Waals surface area (Å²) in [4.78, 5) is 53.4. The Bertz CT molecular complexity index is 1570. The van der Waals surface area contributed by atoms with E-state index >= 15 is 0 Å². The number of aliphatic hydroxyl groups is 4. The second-order valence-corrected chi connectivity index (χ2v) is 18.1. The third kappa shape index (κ3) is 12.2. The smallest absolute Gasteiger partial charge is 0.408 e. The van der Waals surface area contributed by atoms with Crippen molar-refractivity contribution in [2.24, 2.45) is 22.7 Å². The van der Waals surface area contributed by atoms with Gasteiger partial charge in [-0.3, -0.25) is 9.59 Å². The topological polar surface area (TPSA) is 201 Å². The van der Waals surface area contributed by atoms with Crippen LogP contribution in [0.4, 0.5) is 4.79 Å². The predicted molar refractivity (Wildman–Crippen MR) is 219 cm³/mol. The second-order valence-electron chi connectivity index (χ2n) is 18.1. The van der Waals surface area contributed by atoms with Crippen LogP contribution < -0.4 is 10.6 Å². The first-order chi connectivity index (χ1) is 27.3. The number of nitrogens with one attached hydrogen (secondary N) is 2. The number of carbonyl (C=O) groups is 4. The first-order valence-electron chi connectivity index (χ1n) is 21.7. The van der Waals surface area contributed by atoms with E-state index in [4.69, 9.17) is 14.2 Å². The fraction of sp³-hybridized carbons (Fsp3) is 0.778. The molecule has 1 heterocycles. The minimum absolute atomic E-state index is 0. The standard InChI is InChI=1S/C45H72N2O11.2Ac/c1-9-10-11-12-13-14-15-16-17-18-19-20-21-22-23-24-46-41(53)58-37(30(4)47-31(5)48)40(52)57-32-26-45(55)29(3)38-43(8,33(49)25-34-44(38,54)27-56-34)39(51)36(50)35(28(32)2)42(45,6)7;;/h13-14,16-17,29-30,32-34,36-38,49-50,54-55H,9-12,15,18-27H2,1-8H3,(H,46,53)(H,47,48);;/b14-13-,17-16-;;/t29-,30-,32-,33-,34+,36+,37+,38-,43+,44-,45+;;/m0../s1. The fourth-order valence-corrected chi connectivity index (χ4v) is 10.4. The molecule has 0 aromatic rings. The molecule has 6 N–H and O–H groups in total. The van der Waals surface area contributed by atoms with Crippen LogP contribution in [0.3, 0.4) is 0 Å². The van der Waals surface area contributed by atoms with Gasteiger partial charge in [0.15, 0.2) is 5.78 Å². The van der Waals surface area contributed by atoms with Crippen LogP contribution in [0.15, 0.2) is 35.5 Å². The van der Waals surface area contributed by atoms with Crippen molar-refractivity contribution < 1.29 is 142 Å². The maximum atomic E-state index is 14.4. The summed E-state index contributed by atoms with van der Waals surface area (Å²) in [7, 11) is 0. The van der Waals surface area contributed by atoms with Crippen LogP contribution in [0, 0.1) is 111 Å². The molecule has 0 spiro atoms. The van der Waals surface area contributed by atoms with Crippen LogP contribution in [0.2, 0.25) is 0 Å². The number of ketones is 1. The number of carbonyl (C=O) groups excluding carboxylic acids is 4. The molecule has 0 aromatic carbocycles. The van der Waals surface area contributed by atoms with Crippen molar-refractivity contribution in [1.29, 1.82) is 0 Å². The van der Waals surface area contributed by atoms with Gasteiger partial charge in [0, 0.05) is 126 Å². The van der Waals surface area contributed by atoms with Crippen molar-refractivity contribution in [2.45, 2.75) is 187 Å². The number of amides is 2. The number of alkyl carbamates (subject to hydrolysis) is 1. The summed E-state index contributed by atoms with van der Waals surface area (Å²) >= 11 is 0. The molecule has 2 amide bonds. The number of esters is 1. The first kappa shape index (κ1) is 55.9. The van der Waals surface area contributed by atoms with Crippen molar-refractivity contribution in [3.05, 3.63) is 35.5 Å². The molecule has 2 radical (unpaired) electrons. The quantitative estimate of drug-likeness (QED) is 0.0541. The Morgan fingerprint density at radius 3 is 2.13 bits per heavy atom. The van der Waals surface area contributed by atoms with Crippen LogP contribution in [-0.4, -0.2) is 105 Å². The number of fused-ring (bicyclic) bond motifs is 5. The van der Waals surface area contributed by atoms with Crippen LogP contribution in [0.5, 0.6) is 0 Å². The normalized spacial score (nSPS) is 32.8. The van der Waals surface area contributed by atoms with Gasteiger partial charge < -0.3 is 45.3 Å². The average molecular weight is 1270 g/mol. The molecule has 1 aliphatic heterocycles. The minimum atomic E-state index is -1.80. The van der Waals surface area contributed by atoms with Gasteiger partial charge in [-0.15, -0.1) is 0 Å². The second kappa shape index (κ2) is 24.3. The van der Waals surface area contributed by atoms with Gasteiger partial charge in [-0.2, -0.15) is 0 Å². The molecule has 0 unspecified atom stereocenters. The number of allylic oxidation sites excluding steroid dienone is 4. The van der Waals surface area contributed by atoms with E-state index in [-0.39, 0.29) is 113 Å². The zero-order valence-electron chi connectivity index (χ0n) is 37.3. The van der Waals surface area contributed by atoms with E-state index in [1.54, 1.807) is 27.7 Å². The molecule has 334 valence electrons. The summed E-state index contributed by atoms with van der Waals surface area (Å²) < 4.78 is 17.2. The molecule has 15 heteroatoms. The van der Waals surface area contributed by atoms with Crippen molar-refractivity contribution in [3.63, 3.8) is 0 Å². The number of ether oxygens (including phenoxy) is 3. The van der Waals surface area contributed by atoms with Crippen LogP contribution in [0.1, 0.15) is 139 Å². The van der Waals surface area contributed by atoms with Crippen molar-refractivity contribution >= 4 is 23.8 Å². The van der Waals surface area contributed by atoms with E-state index in [0.29, 0.717) is 18.5 Å². The first-order valence-corrected chi connectivity index (χ1v) is 21.7. The largest absolute Gasteiger partial charge is 0.455 e. The molecule has 2 saturated carbocycles.